The van der Waals surface area contributed by atoms with Gasteiger partial charge in [-0.3, -0.25) is 9.69 Å². The molecule has 0 radical (unpaired) electrons. The van der Waals surface area contributed by atoms with Gasteiger partial charge in [-0.05, 0) is 24.6 Å². The quantitative estimate of drug-likeness (QED) is 0.525. The summed E-state index contributed by atoms with van der Waals surface area (Å²) in [6.45, 7) is -0.603. The number of carbonyl (C=O) groups is 1. The van der Waals surface area contributed by atoms with Gasteiger partial charge in [-0.25, -0.2) is 9.38 Å². The molecule has 0 spiro atoms. The smallest absolute Gasteiger partial charge is 0.396 e. The predicted octanol–water partition coefficient (Wildman–Crippen LogP) is 4.48. The molecule has 28 heavy (non-hydrogen) atoms. The summed E-state index contributed by atoms with van der Waals surface area (Å²) in [6.07, 6.45) is -9.84. The van der Waals surface area contributed by atoms with E-state index in [-0.39, 0.29) is 16.6 Å². The van der Waals surface area contributed by atoms with E-state index in [1.165, 1.54) is 12.1 Å². The fourth-order valence-electron chi connectivity index (χ4n) is 1.78. The topological polar surface area (TPSA) is 52.9 Å². The van der Waals surface area contributed by atoms with Crippen LogP contribution in [0, 0.1) is 12.7 Å². The van der Waals surface area contributed by atoms with Crippen molar-refractivity contribution in [3.05, 3.63) is 23.5 Å². The number of hydrogen-bond acceptors (Lipinski definition) is 5. The molecule has 0 aliphatic carbocycles. The Hall–Kier alpha value is -1.47. The fraction of sp³-hybridized carbons (Fsp3) is 0.467. The summed E-state index contributed by atoms with van der Waals surface area (Å²) in [5.41, 5.74) is 0.442. The summed E-state index contributed by atoms with van der Waals surface area (Å²) in [6, 6.07) is 2.51. The van der Waals surface area contributed by atoms with Gasteiger partial charge in [0.1, 0.15) is 18.0 Å². The van der Waals surface area contributed by atoms with Gasteiger partial charge in [0, 0.05) is 4.90 Å². The van der Waals surface area contributed by atoms with Crippen LogP contribution in [0.1, 0.15) is 12.0 Å². The average Bonchev–Trinajstić information content (AvgIpc) is 2.83. The number of alkyl halides is 6. The zero-order valence-corrected chi connectivity index (χ0v) is 15.9. The maximum absolute atomic E-state index is 13.8. The molecular weight excluding hydrogens is 437 g/mol. The Morgan fingerprint density at radius 2 is 1.82 bits per heavy atom. The van der Waals surface area contributed by atoms with Crippen LogP contribution < -0.4 is 0 Å². The van der Waals surface area contributed by atoms with E-state index in [1.807, 2.05) is 0 Å². The van der Waals surface area contributed by atoms with E-state index in [2.05, 4.69) is 17.6 Å². The first kappa shape index (κ1) is 24.6. The Balaban J connectivity index is 0.000000480. The Morgan fingerprint density at radius 3 is 2.29 bits per heavy atom. The number of aliphatic hydroxyl groups excluding tert-OH is 1. The molecule has 0 aromatic heterocycles. The van der Waals surface area contributed by atoms with Gasteiger partial charge in [0.15, 0.2) is 5.17 Å². The molecule has 158 valence electrons. The third-order valence-electron chi connectivity index (χ3n) is 3.07. The molecule has 13 heteroatoms. The van der Waals surface area contributed by atoms with Crippen LogP contribution in [0.4, 0.5) is 36.4 Å². The number of halogens is 7. The normalized spacial score (nSPS) is 16.4. The number of amidine groups is 1. The molecule has 0 atom stereocenters. The lowest BCUT2D eigenvalue weighted by atomic mass is 10.2. The van der Waals surface area contributed by atoms with Crippen molar-refractivity contribution in [2.24, 2.45) is 4.99 Å². The molecule has 4 nitrogen and oxygen atoms in total. The number of nitrogens with zero attached hydrogens (tertiary/aromatic N) is 2. The van der Waals surface area contributed by atoms with E-state index in [4.69, 9.17) is 5.11 Å². The van der Waals surface area contributed by atoms with Crippen LogP contribution >= 0.6 is 24.4 Å². The Bertz CT molecular complexity index is 736. The second-order valence-corrected chi connectivity index (χ2v) is 6.88. The minimum atomic E-state index is -4.54. The Morgan fingerprint density at radius 1 is 1.21 bits per heavy atom. The minimum absolute atomic E-state index is 0.143. The summed E-state index contributed by atoms with van der Waals surface area (Å²) in [4.78, 5) is 16.3. The van der Waals surface area contributed by atoms with Crippen LogP contribution in [0.2, 0.25) is 0 Å². The molecule has 1 aliphatic rings. The third-order valence-corrected chi connectivity index (χ3v) is 4.51. The number of thioether (sulfide) groups is 1. The molecule has 1 aromatic carbocycles. The highest BCUT2D eigenvalue weighted by molar-refractivity contribution is 8.15. The van der Waals surface area contributed by atoms with Crippen molar-refractivity contribution in [3.63, 3.8) is 0 Å². The van der Waals surface area contributed by atoms with E-state index >= 15 is 0 Å². The molecule has 1 fully saturated rings. The van der Waals surface area contributed by atoms with Crippen molar-refractivity contribution in [1.82, 2.24) is 4.90 Å². The number of thiol groups is 1. The lowest BCUT2D eigenvalue weighted by Gasteiger charge is -2.17. The number of amides is 1. The summed E-state index contributed by atoms with van der Waals surface area (Å²) >= 11 is 4.96. The second kappa shape index (κ2) is 9.83. The monoisotopic (exact) mass is 452 g/mol. The maximum Gasteiger partial charge on any atom is 0.406 e. The number of aryl methyl sites for hydroxylation is 1. The molecule has 0 saturated carbocycles. The highest BCUT2D eigenvalue weighted by Crippen LogP contribution is 2.30. The van der Waals surface area contributed by atoms with Crippen LogP contribution in [0.3, 0.4) is 0 Å². The van der Waals surface area contributed by atoms with Crippen molar-refractivity contribution in [3.8, 4) is 0 Å². The zero-order chi connectivity index (χ0) is 21.7. The minimum Gasteiger partial charge on any atom is -0.396 e. The molecule has 1 aromatic rings. The highest BCUT2D eigenvalue weighted by Gasteiger charge is 2.38. The van der Waals surface area contributed by atoms with Crippen molar-refractivity contribution in [2.75, 3.05) is 18.9 Å². The third kappa shape index (κ3) is 8.27. The fourth-order valence-corrected chi connectivity index (χ4v) is 2.86. The first-order valence-electron chi connectivity index (χ1n) is 7.49. The van der Waals surface area contributed by atoms with E-state index < -0.39 is 43.6 Å². The van der Waals surface area contributed by atoms with Gasteiger partial charge in [0.25, 0.3) is 0 Å². The first-order valence-corrected chi connectivity index (χ1v) is 8.92. The number of hydrogen-bond donors (Lipinski definition) is 2. The molecule has 1 saturated heterocycles. The first-order chi connectivity index (χ1) is 12.7. The SMILES string of the molecule is Cc1cc(F)c(N=C2SCC(=O)N2CC(F)(F)F)cc1S.OCCC(F)(F)F. The lowest BCUT2D eigenvalue weighted by Crippen LogP contribution is -2.38. The van der Waals surface area contributed by atoms with Crippen molar-refractivity contribution in [2.45, 2.75) is 30.6 Å². The molecule has 1 heterocycles. The van der Waals surface area contributed by atoms with E-state index in [0.717, 1.165) is 11.8 Å². The largest absolute Gasteiger partial charge is 0.406 e. The maximum atomic E-state index is 13.8. The van der Waals surface area contributed by atoms with Gasteiger partial charge < -0.3 is 5.11 Å². The van der Waals surface area contributed by atoms with Crippen molar-refractivity contribution in [1.29, 1.82) is 0 Å². The van der Waals surface area contributed by atoms with Gasteiger partial charge in [-0.2, -0.15) is 26.3 Å². The predicted molar refractivity (Wildman–Crippen MR) is 93.5 cm³/mol. The number of aliphatic hydroxyl groups is 1. The molecule has 1 N–H and O–H groups in total. The number of aliphatic imine (C=N–C) groups is 1. The van der Waals surface area contributed by atoms with Gasteiger partial charge in [0.2, 0.25) is 5.91 Å². The van der Waals surface area contributed by atoms with Gasteiger partial charge in [0.05, 0.1) is 18.8 Å². The standard InChI is InChI=1S/C12H10F4N2OS2.C3H5F3O/c1-6-2-7(13)8(3-9(6)20)17-11-18(5-12(14,15)16)10(19)4-21-11;4-3(5,6)1-2-7/h2-3,20H,4-5H2,1H3;7H,1-2H2. The number of carbonyl (C=O) groups excluding carboxylic acids is 1. The summed E-state index contributed by atoms with van der Waals surface area (Å²) in [5.74, 6) is -1.52. The number of benzene rings is 1. The second-order valence-electron chi connectivity index (χ2n) is 5.46. The number of rotatable bonds is 3. The molecule has 0 unspecified atom stereocenters. The Kier molecular flexibility index (Phi) is 8.63. The van der Waals surface area contributed by atoms with E-state index in [1.54, 1.807) is 6.92 Å². The lowest BCUT2D eigenvalue weighted by molar-refractivity contribution is -0.150. The van der Waals surface area contributed by atoms with Crippen LogP contribution in [0.5, 0.6) is 0 Å². The van der Waals surface area contributed by atoms with Crippen molar-refractivity contribution >= 4 is 41.2 Å². The van der Waals surface area contributed by atoms with E-state index in [0.29, 0.717) is 15.4 Å². The van der Waals surface area contributed by atoms with Gasteiger partial charge >= 0.3 is 12.4 Å². The van der Waals surface area contributed by atoms with Crippen LogP contribution in [0.25, 0.3) is 0 Å². The van der Waals surface area contributed by atoms with Crippen LogP contribution in [-0.4, -0.2) is 52.3 Å². The van der Waals surface area contributed by atoms with Gasteiger partial charge in [-0.1, -0.05) is 11.8 Å². The van der Waals surface area contributed by atoms with Crippen molar-refractivity contribution < 1.29 is 40.6 Å². The molecule has 0 bridgehead atoms. The molecular formula is C15H15F7N2O2S2. The zero-order valence-electron chi connectivity index (χ0n) is 14.2. The Labute approximate surface area is 165 Å². The molecule has 1 amide bonds. The van der Waals surface area contributed by atoms with Crippen LogP contribution in [-0.2, 0) is 4.79 Å². The average molecular weight is 452 g/mol. The summed E-state index contributed by atoms with van der Waals surface area (Å²) < 4.78 is 83.8. The van der Waals surface area contributed by atoms with Crippen LogP contribution in [0.15, 0.2) is 22.0 Å². The van der Waals surface area contributed by atoms with E-state index in [9.17, 15) is 35.5 Å². The summed E-state index contributed by atoms with van der Waals surface area (Å²) in [7, 11) is 0. The highest BCUT2D eigenvalue weighted by atomic mass is 32.2. The van der Waals surface area contributed by atoms with Gasteiger partial charge in [-0.15, -0.1) is 12.6 Å². The summed E-state index contributed by atoms with van der Waals surface area (Å²) in [5, 5.41) is 7.52. The molecule has 2 rings (SSSR count). The molecule has 1 aliphatic heterocycles.